The van der Waals surface area contributed by atoms with Crippen molar-refractivity contribution >= 4 is 0 Å². The highest BCUT2D eigenvalue weighted by Crippen LogP contribution is 2.17. The fraction of sp³-hybridized carbons (Fsp3) is 0.304. The van der Waals surface area contributed by atoms with Crippen LogP contribution in [0.25, 0.3) is 0 Å². The molecule has 1 aliphatic heterocycles. The minimum absolute atomic E-state index is 0.143. The first-order valence-corrected chi connectivity index (χ1v) is 9.93. The number of fused-ring (bicyclic) bond motifs is 1. The second-order valence-electron chi connectivity index (χ2n) is 7.42. The minimum atomic E-state index is -0.339. The van der Waals surface area contributed by atoms with Crippen molar-refractivity contribution in [3.8, 4) is 0 Å². The first-order chi connectivity index (χ1) is 14.1. The van der Waals surface area contributed by atoms with Gasteiger partial charge in [0.15, 0.2) is 0 Å². The Hall–Kier alpha value is -2.99. The van der Waals surface area contributed by atoms with Gasteiger partial charge in [-0.1, -0.05) is 42.5 Å². The monoisotopic (exact) mass is 393 g/mol. The van der Waals surface area contributed by atoms with Crippen LogP contribution in [-0.2, 0) is 32.6 Å². The van der Waals surface area contributed by atoms with Crippen molar-refractivity contribution in [2.45, 2.75) is 39.5 Å². The fourth-order valence-corrected chi connectivity index (χ4v) is 4.02. The van der Waals surface area contributed by atoms with E-state index in [2.05, 4.69) is 17.0 Å². The molecule has 2 heterocycles. The summed E-state index contributed by atoms with van der Waals surface area (Å²) in [6, 6.07) is 16.1. The maximum atomic E-state index is 13.2. The van der Waals surface area contributed by atoms with Crippen LogP contribution in [0.3, 0.4) is 0 Å². The predicted octanol–water partition coefficient (Wildman–Crippen LogP) is 2.78. The molecule has 0 saturated carbocycles. The Balaban J connectivity index is 1.70. The molecule has 3 aromatic rings. The highest BCUT2D eigenvalue weighted by Gasteiger charge is 2.25. The van der Waals surface area contributed by atoms with Crippen LogP contribution in [-0.4, -0.2) is 20.6 Å². The quantitative estimate of drug-likeness (QED) is 0.670. The predicted molar refractivity (Wildman–Crippen MR) is 110 cm³/mol. The fourth-order valence-electron chi connectivity index (χ4n) is 4.02. The van der Waals surface area contributed by atoms with E-state index in [4.69, 9.17) is 0 Å². The molecule has 0 fully saturated rings. The molecule has 0 N–H and O–H groups in total. The zero-order chi connectivity index (χ0) is 20.4. The maximum Gasteiger partial charge on any atom is 0.331 e. The Labute approximate surface area is 168 Å². The molecule has 6 heteroatoms. The molecule has 0 atom stereocenters. The number of hydrogen-bond donors (Lipinski definition) is 0. The van der Waals surface area contributed by atoms with Gasteiger partial charge >= 0.3 is 5.69 Å². The van der Waals surface area contributed by atoms with Crippen LogP contribution in [0.15, 0.2) is 64.2 Å². The number of benzene rings is 2. The zero-order valence-electron chi connectivity index (χ0n) is 16.5. The third-order valence-electron chi connectivity index (χ3n) is 5.51. The van der Waals surface area contributed by atoms with E-state index < -0.39 is 0 Å². The van der Waals surface area contributed by atoms with Crippen LogP contribution in [0.4, 0.5) is 4.39 Å². The molecule has 0 radical (unpaired) electrons. The number of halogens is 1. The SMILES string of the molecule is CCn1c2c(c(=O)n(Cc3ccc(F)cc3)c1=O)CN(Cc1ccccc1)CC2. The van der Waals surface area contributed by atoms with E-state index in [1.165, 1.54) is 22.3 Å². The minimum Gasteiger partial charge on any atom is -0.297 e. The molecule has 1 aliphatic rings. The summed E-state index contributed by atoms with van der Waals surface area (Å²) in [6.45, 7) is 4.68. The summed E-state index contributed by atoms with van der Waals surface area (Å²) in [4.78, 5) is 28.4. The standard InChI is InChI=1S/C23H24FN3O2/c1-2-26-21-12-13-25(14-17-6-4-3-5-7-17)16-20(21)22(28)27(23(26)29)15-18-8-10-19(24)11-9-18/h3-11H,2,12-16H2,1H3. The normalized spacial score (nSPS) is 14.0. The van der Waals surface area contributed by atoms with Gasteiger partial charge in [0.1, 0.15) is 5.82 Å². The molecule has 2 aromatic carbocycles. The van der Waals surface area contributed by atoms with Crippen molar-refractivity contribution in [2.75, 3.05) is 6.54 Å². The van der Waals surface area contributed by atoms with Crippen molar-refractivity contribution in [2.24, 2.45) is 0 Å². The number of rotatable bonds is 5. The Morgan fingerprint density at radius 1 is 0.897 bits per heavy atom. The van der Waals surface area contributed by atoms with Gasteiger partial charge in [-0.3, -0.25) is 18.8 Å². The Morgan fingerprint density at radius 3 is 2.28 bits per heavy atom. The number of hydrogen-bond acceptors (Lipinski definition) is 3. The Kier molecular flexibility index (Phi) is 5.45. The highest BCUT2D eigenvalue weighted by atomic mass is 19.1. The van der Waals surface area contributed by atoms with Crippen LogP contribution >= 0.6 is 0 Å². The highest BCUT2D eigenvalue weighted by molar-refractivity contribution is 5.24. The van der Waals surface area contributed by atoms with Crippen LogP contribution in [0.1, 0.15) is 29.3 Å². The van der Waals surface area contributed by atoms with Crippen molar-refractivity contribution < 1.29 is 4.39 Å². The van der Waals surface area contributed by atoms with Gasteiger partial charge < -0.3 is 0 Å². The number of nitrogens with zero attached hydrogens (tertiary/aromatic N) is 3. The van der Waals surface area contributed by atoms with Gasteiger partial charge in [-0.25, -0.2) is 9.18 Å². The second kappa shape index (κ2) is 8.17. The second-order valence-corrected chi connectivity index (χ2v) is 7.42. The van der Waals surface area contributed by atoms with Gasteiger partial charge in [-0.2, -0.15) is 0 Å². The average Bonchev–Trinajstić information content (AvgIpc) is 2.74. The van der Waals surface area contributed by atoms with Crippen LogP contribution in [0.2, 0.25) is 0 Å². The van der Waals surface area contributed by atoms with Gasteiger partial charge in [-0.15, -0.1) is 0 Å². The maximum absolute atomic E-state index is 13.2. The van der Waals surface area contributed by atoms with E-state index in [1.807, 2.05) is 25.1 Å². The molecule has 0 unspecified atom stereocenters. The lowest BCUT2D eigenvalue weighted by atomic mass is 10.0. The topological polar surface area (TPSA) is 47.2 Å². The molecule has 29 heavy (non-hydrogen) atoms. The van der Waals surface area contributed by atoms with Gasteiger partial charge in [0.25, 0.3) is 5.56 Å². The zero-order valence-corrected chi connectivity index (χ0v) is 16.5. The lowest BCUT2D eigenvalue weighted by molar-refractivity contribution is 0.236. The van der Waals surface area contributed by atoms with E-state index in [1.54, 1.807) is 16.7 Å². The summed E-state index contributed by atoms with van der Waals surface area (Å²) >= 11 is 0. The molecular formula is C23H24FN3O2. The largest absolute Gasteiger partial charge is 0.331 e. The summed E-state index contributed by atoms with van der Waals surface area (Å²) in [6.07, 6.45) is 0.678. The van der Waals surface area contributed by atoms with Crippen molar-refractivity contribution in [3.63, 3.8) is 0 Å². The van der Waals surface area contributed by atoms with Crippen LogP contribution < -0.4 is 11.2 Å². The number of aromatic nitrogens is 2. The molecule has 0 amide bonds. The van der Waals surface area contributed by atoms with Gasteiger partial charge in [0.2, 0.25) is 0 Å². The molecule has 4 rings (SSSR count). The van der Waals surface area contributed by atoms with E-state index in [-0.39, 0.29) is 23.6 Å². The summed E-state index contributed by atoms with van der Waals surface area (Å²) in [5.41, 5.74) is 2.93. The van der Waals surface area contributed by atoms with Gasteiger partial charge in [0, 0.05) is 38.3 Å². The summed E-state index contributed by atoms with van der Waals surface area (Å²) in [5, 5.41) is 0. The Morgan fingerprint density at radius 2 is 1.59 bits per heavy atom. The lowest BCUT2D eigenvalue weighted by Crippen LogP contribution is -2.47. The van der Waals surface area contributed by atoms with Crippen molar-refractivity contribution in [1.29, 1.82) is 0 Å². The first-order valence-electron chi connectivity index (χ1n) is 9.93. The van der Waals surface area contributed by atoms with Crippen LogP contribution in [0.5, 0.6) is 0 Å². The molecule has 150 valence electrons. The Bertz CT molecular complexity index is 1120. The molecule has 0 bridgehead atoms. The summed E-state index contributed by atoms with van der Waals surface area (Å²) < 4.78 is 16.2. The van der Waals surface area contributed by atoms with Crippen molar-refractivity contribution in [1.82, 2.24) is 14.0 Å². The van der Waals surface area contributed by atoms with E-state index in [0.29, 0.717) is 25.1 Å². The van der Waals surface area contributed by atoms with Crippen LogP contribution in [0, 0.1) is 5.82 Å². The van der Waals surface area contributed by atoms with Crippen molar-refractivity contribution in [3.05, 3.63) is 104 Å². The smallest absolute Gasteiger partial charge is 0.297 e. The molecule has 1 aromatic heterocycles. The molecule has 5 nitrogen and oxygen atoms in total. The third-order valence-corrected chi connectivity index (χ3v) is 5.51. The lowest BCUT2D eigenvalue weighted by Gasteiger charge is -2.30. The van der Waals surface area contributed by atoms with E-state index in [9.17, 15) is 14.0 Å². The molecule has 0 spiro atoms. The third kappa shape index (κ3) is 3.93. The van der Waals surface area contributed by atoms with E-state index >= 15 is 0 Å². The van der Waals surface area contributed by atoms with E-state index in [0.717, 1.165) is 24.3 Å². The summed E-state index contributed by atoms with van der Waals surface area (Å²) in [5.74, 6) is -0.339. The summed E-state index contributed by atoms with van der Waals surface area (Å²) in [7, 11) is 0. The van der Waals surface area contributed by atoms with Gasteiger partial charge in [-0.05, 0) is 30.2 Å². The molecular weight excluding hydrogens is 369 g/mol. The van der Waals surface area contributed by atoms with Gasteiger partial charge in [0.05, 0.1) is 12.1 Å². The first kappa shape index (κ1) is 19.3. The molecule has 0 saturated heterocycles. The molecule has 0 aliphatic carbocycles. The average molecular weight is 393 g/mol.